The Balaban J connectivity index is 2.35. The van der Waals surface area contributed by atoms with Gasteiger partial charge in [0, 0.05) is 13.2 Å². The highest BCUT2D eigenvalue weighted by atomic mass is 16.5. The summed E-state index contributed by atoms with van der Waals surface area (Å²) in [4.78, 5) is 13.7. The summed E-state index contributed by atoms with van der Waals surface area (Å²) in [6.45, 7) is 8.14. The molecular formula is C11H22N2O2. The molecule has 0 aromatic carbocycles. The summed E-state index contributed by atoms with van der Waals surface area (Å²) in [6, 6.07) is 0.0313. The third kappa shape index (κ3) is 3.47. The highest BCUT2D eigenvalue weighted by molar-refractivity contribution is 5.83. The minimum absolute atomic E-state index is 0.0313. The number of carbonyl (C=O) groups is 1. The molecule has 0 bridgehead atoms. The van der Waals surface area contributed by atoms with Crippen molar-refractivity contribution in [3.05, 3.63) is 0 Å². The zero-order valence-corrected chi connectivity index (χ0v) is 9.95. The average molecular weight is 214 g/mol. The molecule has 1 aliphatic rings. The van der Waals surface area contributed by atoms with Crippen LogP contribution in [0, 0.1) is 0 Å². The van der Waals surface area contributed by atoms with Gasteiger partial charge in [0.15, 0.2) is 0 Å². The number of ether oxygens (including phenoxy) is 1. The van der Waals surface area contributed by atoms with E-state index in [9.17, 15) is 4.79 Å². The second-order valence-corrected chi connectivity index (χ2v) is 4.03. The summed E-state index contributed by atoms with van der Waals surface area (Å²) >= 11 is 0. The lowest BCUT2D eigenvalue weighted by molar-refractivity contribution is -0.130. The molecule has 1 rings (SSSR count). The Morgan fingerprint density at radius 2 is 2.33 bits per heavy atom. The molecule has 0 aromatic rings. The second-order valence-electron chi connectivity index (χ2n) is 4.03. The molecule has 88 valence electrons. The van der Waals surface area contributed by atoms with Crippen molar-refractivity contribution in [1.82, 2.24) is 10.2 Å². The number of carbonyl (C=O) groups excluding carboxylic acids is 1. The SMILES string of the molecule is CCCC1NCN(CC(C)OCC)C1=O. The van der Waals surface area contributed by atoms with E-state index in [1.165, 1.54) is 0 Å². The lowest BCUT2D eigenvalue weighted by atomic mass is 10.1. The Hall–Kier alpha value is -0.610. The zero-order chi connectivity index (χ0) is 11.3. The Labute approximate surface area is 92.0 Å². The van der Waals surface area contributed by atoms with Crippen LogP contribution in [0.1, 0.15) is 33.6 Å². The maximum absolute atomic E-state index is 11.8. The molecule has 0 saturated carbocycles. The minimum atomic E-state index is 0.0313. The highest BCUT2D eigenvalue weighted by Crippen LogP contribution is 2.09. The number of amides is 1. The monoisotopic (exact) mass is 214 g/mol. The van der Waals surface area contributed by atoms with Crippen LogP contribution in [0.3, 0.4) is 0 Å². The summed E-state index contributed by atoms with van der Waals surface area (Å²) in [6.07, 6.45) is 2.09. The van der Waals surface area contributed by atoms with E-state index in [-0.39, 0.29) is 18.1 Å². The molecule has 0 aliphatic carbocycles. The lowest BCUT2D eigenvalue weighted by Crippen LogP contribution is -2.36. The number of nitrogens with one attached hydrogen (secondary N) is 1. The molecule has 4 heteroatoms. The van der Waals surface area contributed by atoms with E-state index >= 15 is 0 Å². The van der Waals surface area contributed by atoms with Crippen LogP contribution in [0.5, 0.6) is 0 Å². The average Bonchev–Trinajstić information content (AvgIpc) is 2.51. The van der Waals surface area contributed by atoms with Crippen molar-refractivity contribution in [2.45, 2.75) is 45.8 Å². The molecule has 15 heavy (non-hydrogen) atoms. The quantitative estimate of drug-likeness (QED) is 0.716. The van der Waals surface area contributed by atoms with Crippen molar-refractivity contribution in [2.24, 2.45) is 0 Å². The second kappa shape index (κ2) is 6.08. The first kappa shape index (κ1) is 12.5. The van der Waals surface area contributed by atoms with Gasteiger partial charge >= 0.3 is 0 Å². The van der Waals surface area contributed by atoms with Crippen molar-refractivity contribution in [3.8, 4) is 0 Å². The fourth-order valence-electron chi connectivity index (χ4n) is 1.92. The number of hydrogen-bond donors (Lipinski definition) is 1. The van der Waals surface area contributed by atoms with E-state index in [4.69, 9.17) is 4.74 Å². The standard InChI is InChI=1S/C11H22N2O2/c1-4-6-10-11(14)13(8-12-10)7-9(3)15-5-2/h9-10,12H,4-8H2,1-3H3. The Bertz CT molecular complexity index is 209. The lowest BCUT2D eigenvalue weighted by Gasteiger charge is -2.20. The Morgan fingerprint density at radius 1 is 1.60 bits per heavy atom. The van der Waals surface area contributed by atoms with Gasteiger partial charge in [0.1, 0.15) is 0 Å². The first-order valence-corrected chi connectivity index (χ1v) is 5.82. The van der Waals surface area contributed by atoms with E-state index in [0.29, 0.717) is 19.8 Å². The first-order chi connectivity index (χ1) is 7.19. The van der Waals surface area contributed by atoms with Gasteiger partial charge in [0.25, 0.3) is 0 Å². The van der Waals surface area contributed by atoms with Crippen molar-refractivity contribution in [3.63, 3.8) is 0 Å². The molecule has 1 aliphatic heterocycles. The predicted octanol–water partition coefficient (Wildman–Crippen LogP) is 0.969. The predicted molar refractivity (Wildman–Crippen MR) is 59.5 cm³/mol. The topological polar surface area (TPSA) is 41.6 Å². The summed E-state index contributed by atoms with van der Waals surface area (Å²) < 4.78 is 5.43. The maximum Gasteiger partial charge on any atom is 0.240 e. The van der Waals surface area contributed by atoms with Gasteiger partial charge < -0.3 is 9.64 Å². The van der Waals surface area contributed by atoms with Crippen LogP contribution in [0.4, 0.5) is 0 Å². The molecule has 1 fully saturated rings. The summed E-state index contributed by atoms with van der Waals surface area (Å²) in [5, 5.41) is 3.23. The van der Waals surface area contributed by atoms with Gasteiger partial charge in [-0.2, -0.15) is 0 Å². The third-order valence-electron chi connectivity index (χ3n) is 2.64. The Kier molecular flexibility index (Phi) is 5.05. The molecule has 4 nitrogen and oxygen atoms in total. The van der Waals surface area contributed by atoms with Gasteiger partial charge in [0.05, 0.1) is 18.8 Å². The smallest absolute Gasteiger partial charge is 0.240 e. The first-order valence-electron chi connectivity index (χ1n) is 5.82. The van der Waals surface area contributed by atoms with Crippen molar-refractivity contribution < 1.29 is 9.53 Å². The summed E-state index contributed by atoms with van der Waals surface area (Å²) in [5.41, 5.74) is 0. The van der Waals surface area contributed by atoms with Gasteiger partial charge in [-0.25, -0.2) is 0 Å². The van der Waals surface area contributed by atoms with E-state index in [1.807, 2.05) is 18.7 Å². The molecule has 1 heterocycles. The van der Waals surface area contributed by atoms with Crippen LogP contribution in [-0.2, 0) is 9.53 Å². The van der Waals surface area contributed by atoms with E-state index < -0.39 is 0 Å². The molecular weight excluding hydrogens is 192 g/mol. The molecule has 1 amide bonds. The molecule has 2 atom stereocenters. The molecule has 0 spiro atoms. The van der Waals surface area contributed by atoms with Crippen LogP contribution in [0.15, 0.2) is 0 Å². The van der Waals surface area contributed by atoms with E-state index in [0.717, 1.165) is 12.8 Å². The highest BCUT2D eigenvalue weighted by Gasteiger charge is 2.30. The van der Waals surface area contributed by atoms with Gasteiger partial charge in [-0.05, 0) is 20.3 Å². The van der Waals surface area contributed by atoms with Gasteiger partial charge in [-0.1, -0.05) is 13.3 Å². The fraction of sp³-hybridized carbons (Fsp3) is 0.909. The number of rotatable bonds is 6. The normalized spacial score (nSPS) is 23.5. The summed E-state index contributed by atoms with van der Waals surface area (Å²) in [7, 11) is 0. The largest absolute Gasteiger partial charge is 0.377 e. The number of nitrogens with zero attached hydrogens (tertiary/aromatic N) is 1. The third-order valence-corrected chi connectivity index (χ3v) is 2.64. The van der Waals surface area contributed by atoms with E-state index in [1.54, 1.807) is 0 Å². The Morgan fingerprint density at radius 3 is 2.93 bits per heavy atom. The van der Waals surface area contributed by atoms with E-state index in [2.05, 4.69) is 12.2 Å². The van der Waals surface area contributed by atoms with Crippen LogP contribution in [0.2, 0.25) is 0 Å². The van der Waals surface area contributed by atoms with Crippen LogP contribution in [0.25, 0.3) is 0 Å². The van der Waals surface area contributed by atoms with Crippen molar-refractivity contribution in [1.29, 1.82) is 0 Å². The van der Waals surface area contributed by atoms with Crippen LogP contribution < -0.4 is 5.32 Å². The van der Waals surface area contributed by atoms with Gasteiger partial charge in [0.2, 0.25) is 5.91 Å². The van der Waals surface area contributed by atoms with Crippen molar-refractivity contribution >= 4 is 5.91 Å². The summed E-state index contributed by atoms with van der Waals surface area (Å²) in [5.74, 6) is 0.225. The van der Waals surface area contributed by atoms with Gasteiger partial charge in [-0.15, -0.1) is 0 Å². The van der Waals surface area contributed by atoms with Crippen LogP contribution in [-0.4, -0.2) is 42.8 Å². The minimum Gasteiger partial charge on any atom is -0.377 e. The number of hydrogen-bond acceptors (Lipinski definition) is 3. The molecule has 0 aromatic heterocycles. The molecule has 1 saturated heterocycles. The fourth-order valence-corrected chi connectivity index (χ4v) is 1.92. The van der Waals surface area contributed by atoms with Gasteiger partial charge in [-0.3, -0.25) is 10.1 Å². The maximum atomic E-state index is 11.8. The zero-order valence-electron chi connectivity index (χ0n) is 9.95. The molecule has 1 N–H and O–H groups in total. The van der Waals surface area contributed by atoms with Crippen LogP contribution >= 0.6 is 0 Å². The molecule has 2 unspecified atom stereocenters. The molecule has 0 radical (unpaired) electrons. The van der Waals surface area contributed by atoms with Crippen molar-refractivity contribution in [2.75, 3.05) is 19.8 Å².